The monoisotopic (exact) mass is 438 g/mol. The summed E-state index contributed by atoms with van der Waals surface area (Å²) >= 11 is 11.8. The number of aliphatic hydroxyl groups is 1. The molecule has 0 saturated heterocycles. The van der Waals surface area contributed by atoms with Crippen molar-refractivity contribution in [2.75, 3.05) is 11.1 Å². The lowest BCUT2D eigenvalue weighted by Crippen LogP contribution is -2.46. The van der Waals surface area contributed by atoms with Crippen molar-refractivity contribution in [3.8, 4) is 6.07 Å². The molecule has 1 unspecified atom stereocenters. The van der Waals surface area contributed by atoms with E-state index >= 15 is 0 Å². The largest absolute Gasteiger partial charge is 0.374 e. The van der Waals surface area contributed by atoms with Gasteiger partial charge in [-0.3, -0.25) is 4.79 Å². The average Bonchev–Trinajstić information content (AvgIpc) is 3.47. The number of anilines is 1. The highest BCUT2D eigenvalue weighted by molar-refractivity contribution is 7.92. The van der Waals surface area contributed by atoms with Crippen molar-refractivity contribution in [1.29, 1.82) is 5.26 Å². The Morgan fingerprint density at radius 2 is 1.86 bits per heavy atom. The van der Waals surface area contributed by atoms with Crippen LogP contribution in [-0.2, 0) is 20.2 Å². The van der Waals surface area contributed by atoms with Crippen LogP contribution in [0.4, 0.5) is 5.69 Å². The van der Waals surface area contributed by atoms with Crippen LogP contribution in [0.2, 0.25) is 10.0 Å². The zero-order valence-electron chi connectivity index (χ0n) is 14.5. The molecule has 1 saturated carbocycles. The first-order valence-corrected chi connectivity index (χ1v) is 10.8. The summed E-state index contributed by atoms with van der Waals surface area (Å²) in [6, 6.07) is 11.9. The van der Waals surface area contributed by atoms with E-state index < -0.39 is 32.3 Å². The molecule has 9 heteroatoms. The zero-order chi connectivity index (χ0) is 20.5. The van der Waals surface area contributed by atoms with Gasteiger partial charge in [-0.25, -0.2) is 8.42 Å². The summed E-state index contributed by atoms with van der Waals surface area (Å²) in [6.45, 7) is 0. The highest BCUT2D eigenvalue weighted by Gasteiger charge is 2.47. The number of nitriles is 1. The molecular formula is C19H16Cl2N2O4S. The molecule has 2 N–H and O–H groups in total. The molecular weight excluding hydrogens is 423 g/mol. The fraction of sp³-hybridized carbons (Fsp3) is 0.263. The van der Waals surface area contributed by atoms with Crippen LogP contribution in [0, 0.1) is 11.3 Å². The van der Waals surface area contributed by atoms with Crippen LogP contribution in [0.5, 0.6) is 0 Å². The number of hydrogen-bond donors (Lipinski definition) is 2. The second kappa shape index (κ2) is 7.72. The van der Waals surface area contributed by atoms with E-state index in [2.05, 4.69) is 5.32 Å². The molecule has 6 nitrogen and oxygen atoms in total. The number of hydrogen-bond acceptors (Lipinski definition) is 5. The molecule has 1 aliphatic carbocycles. The Kier molecular flexibility index (Phi) is 5.69. The normalized spacial score (nSPS) is 16.1. The highest BCUT2D eigenvalue weighted by atomic mass is 35.5. The molecule has 1 atom stereocenters. The predicted octanol–water partition coefficient (Wildman–Crippen LogP) is 3.27. The lowest BCUT2D eigenvalue weighted by molar-refractivity contribution is -0.132. The smallest absolute Gasteiger partial charge is 0.262 e. The van der Waals surface area contributed by atoms with Crippen molar-refractivity contribution in [3.63, 3.8) is 0 Å². The summed E-state index contributed by atoms with van der Waals surface area (Å²) in [6.07, 6.45) is 1.04. The fourth-order valence-electron chi connectivity index (χ4n) is 2.76. The number of nitrogens with one attached hydrogen (secondary N) is 1. The quantitative estimate of drug-likeness (QED) is 0.719. The summed E-state index contributed by atoms with van der Waals surface area (Å²) in [5.41, 5.74) is -1.75. The maximum atomic E-state index is 12.9. The average molecular weight is 439 g/mol. The van der Waals surface area contributed by atoms with E-state index in [4.69, 9.17) is 28.5 Å². The maximum Gasteiger partial charge on any atom is 0.262 e. The van der Waals surface area contributed by atoms with Gasteiger partial charge in [-0.2, -0.15) is 5.26 Å². The summed E-state index contributed by atoms with van der Waals surface area (Å²) in [7, 11) is -3.67. The van der Waals surface area contributed by atoms with Gasteiger partial charge in [-0.1, -0.05) is 35.3 Å². The van der Waals surface area contributed by atoms with Crippen LogP contribution in [0.15, 0.2) is 42.5 Å². The van der Waals surface area contributed by atoms with Crippen LogP contribution in [0.3, 0.4) is 0 Å². The van der Waals surface area contributed by atoms with Gasteiger partial charge in [0.1, 0.15) is 6.07 Å². The lowest BCUT2D eigenvalue weighted by Gasteiger charge is -2.27. The van der Waals surface area contributed by atoms with Gasteiger partial charge in [0.15, 0.2) is 15.4 Å². The predicted molar refractivity (Wildman–Crippen MR) is 107 cm³/mol. The SMILES string of the molecule is N#Cc1ccc(NC(=O)C(O)(CS(=O)(=O)C2CC2)c2ccc(Cl)cc2)cc1Cl. The van der Waals surface area contributed by atoms with E-state index in [0.29, 0.717) is 17.9 Å². The highest BCUT2D eigenvalue weighted by Crippen LogP contribution is 2.35. The number of carbonyl (C=O) groups is 1. The molecule has 146 valence electrons. The van der Waals surface area contributed by atoms with E-state index in [1.165, 1.54) is 42.5 Å². The number of rotatable bonds is 6. The third-order valence-electron chi connectivity index (χ3n) is 4.49. The van der Waals surface area contributed by atoms with Gasteiger partial charge in [-0.05, 0) is 48.7 Å². The molecule has 1 amide bonds. The standard InChI is InChI=1S/C19H16Cl2N2O4S/c20-14-4-2-13(3-5-14)19(25,11-28(26,27)16-7-8-16)18(24)23-15-6-1-12(10-22)17(21)9-15/h1-6,9,16,25H,7-8,11H2,(H,23,24). The number of benzene rings is 2. The van der Waals surface area contributed by atoms with Gasteiger partial charge in [0.2, 0.25) is 0 Å². The Balaban J connectivity index is 1.95. The Labute approximate surface area is 172 Å². The molecule has 0 heterocycles. The van der Waals surface area contributed by atoms with Crippen molar-refractivity contribution in [3.05, 3.63) is 63.6 Å². The van der Waals surface area contributed by atoms with Crippen LogP contribution in [-0.4, -0.2) is 30.4 Å². The van der Waals surface area contributed by atoms with Crippen molar-refractivity contribution in [2.24, 2.45) is 0 Å². The van der Waals surface area contributed by atoms with E-state index in [9.17, 15) is 18.3 Å². The molecule has 1 aliphatic rings. The van der Waals surface area contributed by atoms with Gasteiger partial charge in [0.05, 0.1) is 21.6 Å². The van der Waals surface area contributed by atoms with Crippen molar-refractivity contribution < 1.29 is 18.3 Å². The lowest BCUT2D eigenvalue weighted by atomic mass is 9.94. The number of amides is 1. The molecule has 0 bridgehead atoms. The van der Waals surface area contributed by atoms with E-state index in [0.717, 1.165) is 0 Å². The Bertz CT molecular complexity index is 1060. The van der Waals surface area contributed by atoms with Crippen LogP contribution < -0.4 is 5.32 Å². The molecule has 0 aromatic heterocycles. The van der Waals surface area contributed by atoms with Gasteiger partial charge < -0.3 is 10.4 Å². The van der Waals surface area contributed by atoms with Crippen molar-refractivity contribution >= 4 is 44.6 Å². The Morgan fingerprint density at radius 3 is 2.39 bits per heavy atom. The minimum absolute atomic E-state index is 0.110. The third-order valence-corrected chi connectivity index (χ3v) is 7.36. The minimum atomic E-state index is -3.67. The maximum absolute atomic E-state index is 12.9. The summed E-state index contributed by atoms with van der Waals surface area (Å²) in [5, 5.41) is 22.6. The topological polar surface area (TPSA) is 107 Å². The van der Waals surface area contributed by atoms with E-state index in [1.54, 1.807) is 0 Å². The number of halogens is 2. The van der Waals surface area contributed by atoms with E-state index in [1.807, 2.05) is 6.07 Å². The Morgan fingerprint density at radius 1 is 1.21 bits per heavy atom. The molecule has 3 rings (SSSR count). The summed E-state index contributed by atoms with van der Waals surface area (Å²) < 4.78 is 25.0. The molecule has 2 aromatic carbocycles. The molecule has 2 aromatic rings. The fourth-order valence-corrected chi connectivity index (χ4v) is 5.08. The van der Waals surface area contributed by atoms with Crippen LogP contribution >= 0.6 is 23.2 Å². The third kappa shape index (κ3) is 4.31. The first kappa shape index (κ1) is 20.6. The number of sulfone groups is 1. The summed E-state index contributed by atoms with van der Waals surface area (Å²) in [5.74, 6) is -1.66. The molecule has 28 heavy (non-hydrogen) atoms. The number of nitrogens with zero attached hydrogens (tertiary/aromatic N) is 1. The molecule has 1 fully saturated rings. The first-order valence-electron chi connectivity index (χ1n) is 8.37. The molecule has 0 spiro atoms. The number of carbonyl (C=O) groups excluding carboxylic acids is 1. The van der Waals surface area contributed by atoms with Gasteiger partial charge in [0.25, 0.3) is 5.91 Å². The Hall–Kier alpha value is -2.11. The van der Waals surface area contributed by atoms with Gasteiger partial charge in [0, 0.05) is 10.7 Å². The molecule has 0 aliphatic heterocycles. The zero-order valence-corrected chi connectivity index (χ0v) is 16.9. The van der Waals surface area contributed by atoms with Crippen LogP contribution in [0.1, 0.15) is 24.0 Å². The first-order chi connectivity index (χ1) is 13.2. The van der Waals surface area contributed by atoms with Gasteiger partial charge >= 0.3 is 0 Å². The molecule has 0 radical (unpaired) electrons. The van der Waals surface area contributed by atoms with Gasteiger partial charge in [-0.15, -0.1) is 0 Å². The van der Waals surface area contributed by atoms with E-state index in [-0.39, 0.29) is 21.8 Å². The van der Waals surface area contributed by atoms with Crippen molar-refractivity contribution in [1.82, 2.24) is 0 Å². The summed E-state index contributed by atoms with van der Waals surface area (Å²) in [4.78, 5) is 12.9. The second-order valence-electron chi connectivity index (χ2n) is 6.63. The second-order valence-corrected chi connectivity index (χ2v) is 9.76. The van der Waals surface area contributed by atoms with Crippen molar-refractivity contribution in [2.45, 2.75) is 23.7 Å². The minimum Gasteiger partial charge on any atom is -0.374 e. The van der Waals surface area contributed by atoms with Crippen LogP contribution in [0.25, 0.3) is 0 Å².